The van der Waals surface area contributed by atoms with E-state index in [0.717, 1.165) is 0 Å². The first-order valence-electron chi connectivity index (χ1n) is 4.60. The lowest BCUT2D eigenvalue weighted by molar-refractivity contribution is -0.384. The fourth-order valence-corrected chi connectivity index (χ4v) is 1.09. The second-order valence-electron chi connectivity index (χ2n) is 3.94. The third kappa shape index (κ3) is 3.55. The van der Waals surface area contributed by atoms with Crippen molar-refractivity contribution in [2.75, 3.05) is 11.9 Å². The summed E-state index contributed by atoms with van der Waals surface area (Å²) in [4.78, 5) is 10.2. The maximum atomic E-state index is 10.6. The molecule has 0 amide bonds. The highest BCUT2D eigenvalue weighted by atomic mass is 16.6. The molecule has 1 aromatic carbocycles. The SMILES string of the molecule is CC(C)(O)CNc1ccccc1[N+](=O)[O-]. The molecule has 0 saturated carbocycles. The van der Waals surface area contributed by atoms with Gasteiger partial charge in [0.15, 0.2) is 0 Å². The normalized spacial score (nSPS) is 11.1. The number of hydrogen-bond donors (Lipinski definition) is 2. The number of nitro groups is 1. The number of para-hydroxylation sites is 2. The largest absolute Gasteiger partial charge is 0.389 e. The van der Waals surface area contributed by atoms with Crippen molar-refractivity contribution in [2.24, 2.45) is 0 Å². The predicted molar refractivity (Wildman–Crippen MR) is 57.9 cm³/mol. The van der Waals surface area contributed by atoms with E-state index in [2.05, 4.69) is 5.32 Å². The molecule has 0 atom stereocenters. The molecule has 2 N–H and O–H groups in total. The molecule has 0 bridgehead atoms. The maximum Gasteiger partial charge on any atom is 0.292 e. The van der Waals surface area contributed by atoms with Crippen LogP contribution < -0.4 is 5.32 Å². The molecule has 0 radical (unpaired) electrons. The Morgan fingerprint density at radius 2 is 2.07 bits per heavy atom. The summed E-state index contributed by atoms with van der Waals surface area (Å²) in [7, 11) is 0. The van der Waals surface area contributed by atoms with Gasteiger partial charge in [-0.3, -0.25) is 10.1 Å². The van der Waals surface area contributed by atoms with Crippen molar-refractivity contribution in [3.63, 3.8) is 0 Å². The molecule has 5 nitrogen and oxygen atoms in total. The highest BCUT2D eigenvalue weighted by Gasteiger charge is 2.16. The van der Waals surface area contributed by atoms with Crippen molar-refractivity contribution in [2.45, 2.75) is 19.4 Å². The Morgan fingerprint density at radius 1 is 1.47 bits per heavy atom. The van der Waals surface area contributed by atoms with E-state index in [9.17, 15) is 15.2 Å². The van der Waals surface area contributed by atoms with Crippen LogP contribution in [0.15, 0.2) is 24.3 Å². The number of rotatable bonds is 4. The molecule has 0 aliphatic carbocycles. The molecule has 0 aromatic heterocycles. The van der Waals surface area contributed by atoms with Crippen LogP contribution in [0.3, 0.4) is 0 Å². The van der Waals surface area contributed by atoms with E-state index in [4.69, 9.17) is 0 Å². The predicted octanol–water partition coefficient (Wildman–Crippen LogP) is 1.78. The molecule has 82 valence electrons. The molecule has 5 heteroatoms. The summed E-state index contributed by atoms with van der Waals surface area (Å²) in [6.07, 6.45) is 0. The zero-order valence-electron chi connectivity index (χ0n) is 8.73. The van der Waals surface area contributed by atoms with Gasteiger partial charge >= 0.3 is 0 Å². The first-order valence-corrected chi connectivity index (χ1v) is 4.60. The number of aliphatic hydroxyl groups is 1. The molecule has 0 heterocycles. The standard InChI is InChI=1S/C10H14N2O3/c1-10(2,13)7-11-8-5-3-4-6-9(8)12(14)15/h3-6,11,13H,7H2,1-2H3. The number of anilines is 1. The Bertz CT molecular complexity index is 358. The van der Waals surface area contributed by atoms with E-state index < -0.39 is 10.5 Å². The van der Waals surface area contributed by atoms with Crippen molar-refractivity contribution in [3.05, 3.63) is 34.4 Å². The summed E-state index contributed by atoms with van der Waals surface area (Å²) >= 11 is 0. The van der Waals surface area contributed by atoms with Crippen molar-refractivity contribution in [3.8, 4) is 0 Å². The van der Waals surface area contributed by atoms with Gasteiger partial charge in [0.1, 0.15) is 5.69 Å². The van der Waals surface area contributed by atoms with Crippen LogP contribution in [0, 0.1) is 10.1 Å². The molecule has 0 spiro atoms. The van der Waals surface area contributed by atoms with Crippen molar-refractivity contribution in [1.82, 2.24) is 0 Å². The lowest BCUT2D eigenvalue weighted by Crippen LogP contribution is -2.29. The van der Waals surface area contributed by atoms with E-state index in [0.29, 0.717) is 5.69 Å². The summed E-state index contributed by atoms with van der Waals surface area (Å²) in [5.74, 6) is 0. The molecule has 1 rings (SSSR count). The average Bonchev–Trinajstić information content (AvgIpc) is 2.14. The molecule has 1 aromatic rings. The van der Waals surface area contributed by atoms with Crippen LogP contribution in [0.4, 0.5) is 11.4 Å². The molecule has 0 aliphatic rings. The molecule has 15 heavy (non-hydrogen) atoms. The number of nitrogens with zero attached hydrogens (tertiary/aromatic N) is 1. The zero-order chi connectivity index (χ0) is 11.5. The van der Waals surface area contributed by atoms with Crippen LogP contribution in [-0.2, 0) is 0 Å². The quantitative estimate of drug-likeness (QED) is 0.586. The highest BCUT2D eigenvalue weighted by Crippen LogP contribution is 2.23. The van der Waals surface area contributed by atoms with Gasteiger partial charge in [0, 0.05) is 12.6 Å². The van der Waals surface area contributed by atoms with Crippen LogP contribution in [0.5, 0.6) is 0 Å². The Morgan fingerprint density at radius 3 is 2.60 bits per heavy atom. The Kier molecular flexibility index (Phi) is 3.26. The van der Waals surface area contributed by atoms with Gasteiger partial charge in [-0.05, 0) is 19.9 Å². The van der Waals surface area contributed by atoms with Crippen molar-refractivity contribution < 1.29 is 10.0 Å². The fraction of sp³-hybridized carbons (Fsp3) is 0.400. The topological polar surface area (TPSA) is 75.4 Å². The fourth-order valence-electron chi connectivity index (χ4n) is 1.09. The minimum absolute atomic E-state index is 0.0155. The van der Waals surface area contributed by atoms with E-state index in [1.54, 1.807) is 32.0 Å². The van der Waals surface area contributed by atoms with E-state index in [1.807, 2.05) is 0 Å². The summed E-state index contributed by atoms with van der Waals surface area (Å²) in [5.41, 5.74) is -0.463. The van der Waals surface area contributed by atoms with Crippen molar-refractivity contribution in [1.29, 1.82) is 0 Å². The van der Waals surface area contributed by atoms with Gasteiger partial charge in [-0.25, -0.2) is 0 Å². The summed E-state index contributed by atoms with van der Waals surface area (Å²) < 4.78 is 0. The van der Waals surface area contributed by atoms with E-state index in [1.165, 1.54) is 6.07 Å². The van der Waals surface area contributed by atoms with E-state index >= 15 is 0 Å². The molecule has 0 aliphatic heterocycles. The lowest BCUT2D eigenvalue weighted by Gasteiger charge is -2.18. The second kappa shape index (κ2) is 4.27. The highest BCUT2D eigenvalue weighted by molar-refractivity contribution is 5.61. The van der Waals surface area contributed by atoms with Crippen LogP contribution in [-0.4, -0.2) is 22.2 Å². The van der Waals surface area contributed by atoms with Crippen LogP contribution in [0.2, 0.25) is 0 Å². The molecule has 0 fully saturated rings. The monoisotopic (exact) mass is 210 g/mol. The smallest absolute Gasteiger partial charge is 0.292 e. The van der Waals surface area contributed by atoms with Gasteiger partial charge in [-0.2, -0.15) is 0 Å². The lowest BCUT2D eigenvalue weighted by atomic mass is 10.1. The number of nitro benzene ring substituents is 1. The number of benzene rings is 1. The molecule has 0 saturated heterocycles. The molecular formula is C10H14N2O3. The van der Waals surface area contributed by atoms with Gasteiger partial charge in [0.2, 0.25) is 0 Å². The molecular weight excluding hydrogens is 196 g/mol. The minimum Gasteiger partial charge on any atom is -0.389 e. The third-order valence-electron chi connectivity index (χ3n) is 1.81. The van der Waals surface area contributed by atoms with Crippen LogP contribution in [0.1, 0.15) is 13.8 Å². The van der Waals surface area contributed by atoms with Gasteiger partial charge in [0.05, 0.1) is 10.5 Å². The van der Waals surface area contributed by atoms with Crippen LogP contribution in [0.25, 0.3) is 0 Å². The van der Waals surface area contributed by atoms with Gasteiger partial charge in [0.25, 0.3) is 5.69 Å². The Hall–Kier alpha value is -1.62. The summed E-state index contributed by atoms with van der Waals surface area (Å²) in [5, 5.41) is 23.0. The minimum atomic E-state index is -0.899. The van der Waals surface area contributed by atoms with Gasteiger partial charge in [-0.15, -0.1) is 0 Å². The summed E-state index contributed by atoms with van der Waals surface area (Å²) in [6, 6.07) is 6.35. The van der Waals surface area contributed by atoms with Crippen LogP contribution >= 0.6 is 0 Å². The van der Waals surface area contributed by atoms with E-state index in [-0.39, 0.29) is 12.2 Å². The second-order valence-corrected chi connectivity index (χ2v) is 3.94. The Balaban J connectivity index is 2.81. The zero-order valence-corrected chi connectivity index (χ0v) is 8.73. The molecule has 0 unspecified atom stereocenters. The summed E-state index contributed by atoms with van der Waals surface area (Å²) in [6.45, 7) is 3.53. The first kappa shape index (κ1) is 11.5. The number of nitrogens with one attached hydrogen (secondary N) is 1. The number of hydrogen-bond acceptors (Lipinski definition) is 4. The van der Waals surface area contributed by atoms with Gasteiger partial charge in [-0.1, -0.05) is 12.1 Å². The maximum absolute atomic E-state index is 10.6. The average molecular weight is 210 g/mol. The third-order valence-corrected chi connectivity index (χ3v) is 1.81. The first-order chi connectivity index (χ1) is 6.90. The van der Waals surface area contributed by atoms with Crippen molar-refractivity contribution >= 4 is 11.4 Å². The van der Waals surface area contributed by atoms with Gasteiger partial charge < -0.3 is 10.4 Å². The Labute approximate surface area is 87.9 Å².